The van der Waals surface area contributed by atoms with Crippen LogP contribution in [-0.4, -0.2) is 0 Å². The maximum absolute atomic E-state index is 5.91. The minimum absolute atomic E-state index is 0.189. The van der Waals surface area contributed by atoms with Gasteiger partial charge in [-0.1, -0.05) is 26.8 Å². The molecule has 0 aliphatic rings. The highest BCUT2D eigenvalue weighted by atomic mass is 127. The number of hydrogen-bond acceptors (Lipinski definition) is 0. The monoisotopic (exact) mass is 308 g/mol. The Hall–Kier alpha value is 0.240. The smallest absolute Gasteiger partial charge is 0.0477 e. The maximum Gasteiger partial charge on any atom is 0.0477 e. The molecule has 0 fully saturated rings. The van der Waals surface area contributed by atoms with Crippen molar-refractivity contribution in [2.45, 2.75) is 32.1 Å². The Bertz CT molecular complexity index is 299. The summed E-state index contributed by atoms with van der Waals surface area (Å²) >= 11 is 8.22. The van der Waals surface area contributed by atoms with Crippen molar-refractivity contribution in [2.24, 2.45) is 0 Å². The van der Waals surface area contributed by atoms with Crippen LogP contribution in [-0.2, 0) is 11.3 Å². The maximum atomic E-state index is 5.91. The van der Waals surface area contributed by atoms with Crippen molar-refractivity contribution in [3.05, 3.63) is 32.9 Å². The van der Waals surface area contributed by atoms with E-state index in [1.165, 1.54) is 14.7 Å². The molecule has 0 amide bonds. The minimum atomic E-state index is 0.189. The lowest BCUT2D eigenvalue weighted by Crippen LogP contribution is -2.13. The molecule has 1 rings (SSSR count). The summed E-state index contributed by atoms with van der Waals surface area (Å²) in [4.78, 5) is 0. The molecule has 0 saturated carbocycles. The topological polar surface area (TPSA) is 0 Å². The summed E-state index contributed by atoms with van der Waals surface area (Å²) in [5.41, 5.74) is 2.79. The Balaban J connectivity index is 3.22. The SMILES string of the molecule is CC(C)(C)c1ccc(I)cc1CCl. The predicted octanol–water partition coefficient (Wildman–Crippen LogP) is 4.33. The molecule has 2 heteroatoms. The van der Waals surface area contributed by atoms with Crippen LogP contribution in [0.25, 0.3) is 0 Å². The fourth-order valence-corrected chi connectivity index (χ4v) is 2.18. The molecule has 0 aromatic heterocycles. The second kappa shape index (κ2) is 4.18. The molecule has 0 unspecified atom stereocenters. The Labute approximate surface area is 98.8 Å². The van der Waals surface area contributed by atoms with Crippen LogP contribution in [0.3, 0.4) is 0 Å². The lowest BCUT2D eigenvalue weighted by atomic mass is 9.84. The van der Waals surface area contributed by atoms with Crippen LogP contribution in [0.4, 0.5) is 0 Å². The van der Waals surface area contributed by atoms with Crippen LogP contribution in [0.1, 0.15) is 31.9 Å². The molecular weight excluding hydrogens is 294 g/mol. The van der Waals surface area contributed by atoms with Crippen LogP contribution in [0, 0.1) is 3.57 Å². The van der Waals surface area contributed by atoms with Crippen molar-refractivity contribution < 1.29 is 0 Å². The van der Waals surface area contributed by atoms with Crippen LogP contribution in [0.15, 0.2) is 18.2 Å². The third kappa shape index (κ3) is 2.84. The van der Waals surface area contributed by atoms with E-state index in [0.717, 1.165) is 0 Å². The Morgan fingerprint density at radius 1 is 1.31 bits per heavy atom. The van der Waals surface area contributed by atoms with Crippen molar-refractivity contribution in [3.63, 3.8) is 0 Å². The molecule has 13 heavy (non-hydrogen) atoms. The number of rotatable bonds is 1. The average molecular weight is 309 g/mol. The second-order valence-electron chi connectivity index (χ2n) is 4.19. The lowest BCUT2D eigenvalue weighted by Gasteiger charge is -2.22. The molecule has 0 bridgehead atoms. The van der Waals surface area contributed by atoms with Gasteiger partial charge in [0.1, 0.15) is 0 Å². The van der Waals surface area contributed by atoms with Crippen molar-refractivity contribution in [3.8, 4) is 0 Å². The molecule has 0 aliphatic heterocycles. The molecule has 1 aromatic carbocycles. The molecule has 0 radical (unpaired) electrons. The third-order valence-electron chi connectivity index (χ3n) is 2.02. The first-order valence-corrected chi connectivity index (χ1v) is 5.91. The molecule has 0 atom stereocenters. The number of alkyl halides is 1. The zero-order chi connectivity index (χ0) is 10.1. The summed E-state index contributed by atoms with van der Waals surface area (Å²) in [6.45, 7) is 6.64. The van der Waals surface area contributed by atoms with Gasteiger partial charge in [0.15, 0.2) is 0 Å². The number of hydrogen-bond donors (Lipinski definition) is 0. The van der Waals surface area contributed by atoms with Gasteiger partial charge in [0, 0.05) is 9.45 Å². The van der Waals surface area contributed by atoms with Gasteiger partial charge in [-0.15, -0.1) is 11.6 Å². The zero-order valence-electron chi connectivity index (χ0n) is 8.20. The molecule has 0 aliphatic carbocycles. The Morgan fingerprint density at radius 2 is 1.92 bits per heavy atom. The number of halogens is 2. The van der Waals surface area contributed by atoms with E-state index in [2.05, 4.69) is 61.6 Å². The standard InChI is InChI=1S/C11H14ClI/c1-11(2,3)10-5-4-9(13)6-8(10)7-12/h4-6H,7H2,1-3H3. The lowest BCUT2D eigenvalue weighted by molar-refractivity contribution is 0.585. The first kappa shape index (κ1) is 11.3. The summed E-state index contributed by atoms with van der Waals surface area (Å²) < 4.78 is 1.25. The Kier molecular flexibility index (Phi) is 3.64. The molecule has 0 heterocycles. The summed E-state index contributed by atoms with van der Waals surface area (Å²) in [6, 6.07) is 6.48. The highest BCUT2D eigenvalue weighted by molar-refractivity contribution is 14.1. The van der Waals surface area contributed by atoms with Gasteiger partial charge in [0.05, 0.1) is 0 Å². The second-order valence-corrected chi connectivity index (χ2v) is 5.70. The van der Waals surface area contributed by atoms with Gasteiger partial charge in [-0.05, 0) is 51.3 Å². The fraction of sp³-hybridized carbons (Fsp3) is 0.455. The van der Waals surface area contributed by atoms with E-state index in [4.69, 9.17) is 11.6 Å². The molecule has 1 aromatic rings. The highest BCUT2D eigenvalue weighted by Crippen LogP contribution is 2.28. The third-order valence-corrected chi connectivity index (χ3v) is 2.98. The molecular formula is C11H14ClI. The largest absolute Gasteiger partial charge is 0.122 e. The quantitative estimate of drug-likeness (QED) is 0.535. The first-order valence-electron chi connectivity index (χ1n) is 4.30. The van der Waals surface area contributed by atoms with E-state index in [1.54, 1.807) is 0 Å². The summed E-state index contributed by atoms with van der Waals surface area (Å²) in [7, 11) is 0. The van der Waals surface area contributed by atoms with Gasteiger partial charge < -0.3 is 0 Å². The van der Waals surface area contributed by atoms with E-state index < -0.39 is 0 Å². The van der Waals surface area contributed by atoms with Crippen LogP contribution < -0.4 is 0 Å². The van der Waals surface area contributed by atoms with Gasteiger partial charge in [-0.25, -0.2) is 0 Å². The van der Waals surface area contributed by atoms with Crippen molar-refractivity contribution in [2.75, 3.05) is 0 Å². The Morgan fingerprint density at radius 3 is 2.38 bits per heavy atom. The van der Waals surface area contributed by atoms with E-state index in [1.807, 2.05) is 0 Å². The van der Waals surface area contributed by atoms with E-state index >= 15 is 0 Å². The molecule has 0 spiro atoms. The van der Waals surface area contributed by atoms with Crippen LogP contribution in [0.2, 0.25) is 0 Å². The van der Waals surface area contributed by atoms with Gasteiger partial charge in [0.25, 0.3) is 0 Å². The normalized spacial score (nSPS) is 11.8. The molecule has 0 saturated heterocycles. The zero-order valence-corrected chi connectivity index (χ0v) is 11.1. The summed E-state index contributed by atoms with van der Waals surface area (Å²) in [6.07, 6.45) is 0. The van der Waals surface area contributed by atoms with Crippen molar-refractivity contribution in [1.82, 2.24) is 0 Å². The van der Waals surface area contributed by atoms with Gasteiger partial charge in [0.2, 0.25) is 0 Å². The summed E-state index contributed by atoms with van der Waals surface area (Å²) in [5, 5.41) is 0. The molecule has 0 nitrogen and oxygen atoms in total. The van der Waals surface area contributed by atoms with Crippen molar-refractivity contribution in [1.29, 1.82) is 0 Å². The highest BCUT2D eigenvalue weighted by Gasteiger charge is 2.17. The van der Waals surface area contributed by atoms with E-state index in [9.17, 15) is 0 Å². The van der Waals surface area contributed by atoms with Crippen LogP contribution in [0.5, 0.6) is 0 Å². The fourth-order valence-electron chi connectivity index (χ4n) is 1.40. The van der Waals surface area contributed by atoms with Crippen molar-refractivity contribution >= 4 is 34.2 Å². The average Bonchev–Trinajstić information content (AvgIpc) is 2.01. The predicted molar refractivity (Wildman–Crippen MR) is 67.4 cm³/mol. The minimum Gasteiger partial charge on any atom is -0.122 e. The summed E-state index contributed by atoms with van der Waals surface area (Å²) in [5.74, 6) is 0.601. The van der Waals surface area contributed by atoms with Gasteiger partial charge >= 0.3 is 0 Å². The van der Waals surface area contributed by atoms with E-state index in [-0.39, 0.29) is 5.41 Å². The first-order chi connectivity index (χ1) is 5.95. The van der Waals surface area contributed by atoms with Gasteiger partial charge in [-0.3, -0.25) is 0 Å². The van der Waals surface area contributed by atoms with Gasteiger partial charge in [-0.2, -0.15) is 0 Å². The number of benzene rings is 1. The molecule has 0 N–H and O–H groups in total. The van der Waals surface area contributed by atoms with E-state index in [0.29, 0.717) is 5.88 Å². The van der Waals surface area contributed by atoms with Crippen LogP contribution >= 0.6 is 34.2 Å². The molecule has 72 valence electrons.